The Hall–Kier alpha value is -3.11. The number of aliphatic carboxylic acids is 1. The normalized spacial score (nSPS) is 20.4. The highest BCUT2D eigenvalue weighted by atomic mass is 32.2. The number of aryl methyl sites for hydroxylation is 1. The van der Waals surface area contributed by atoms with Gasteiger partial charge in [-0.25, -0.2) is 9.78 Å². The number of fused-ring (bicyclic) bond motifs is 1. The van der Waals surface area contributed by atoms with Gasteiger partial charge in [0.15, 0.2) is 6.61 Å². The second-order valence-electron chi connectivity index (χ2n) is 6.87. The van der Waals surface area contributed by atoms with Gasteiger partial charge in [-0.3, -0.25) is 14.5 Å². The number of carboxylic acid groups (broad SMARTS) is 1. The summed E-state index contributed by atoms with van der Waals surface area (Å²) in [4.78, 5) is 43.2. The Bertz CT molecular complexity index is 1080. The number of nitrogens with one attached hydrogen (secondary N) is 1. The van der Waals surface area contributed by atoms with E-state index in [0.29, 0.717) is 17.1 Å². The fraction of sp³-hybridized carbons (Fsp3) is 0.238. The van der Waals surface area contributed by atoms with Gasteiger partial charge >= 0.3 is 5.97 Å². The minimum atomic E-state index is -1.17. The Labute approximate surface area is 186 Å². The van der Waals surface area contributed by atoms with Crippen molar-refractivity contribution in [3.05, 3.63) is 63.8 Å². The molecular formula is C21H19N3O5S2. The number of carbonyl (C=O) groups is 3. The molecule has 0 bridgehead atoms. The van der Waals surface area contributed by atoms with E-state index < -0.39 is 29.2 Å². The molecule has 1 saturated heterocycles. The minimum Gasteiger partial charge on any atom is -0.484 e. The summed E-state index contributed by atoms with van der Waals surface area (Å²) in [5, 5.41) is 11.9. The second kappa shape index (κ2) is 8.94. The molecule has 0 spiro atoms. The monoisotopic (exact) mass is 457 g/mol. The first-order chi connectivity index (χ1) is 15.0. The van der Waals surface area contributed by atoms with Gasteiger partial charge in [-0.1, -0.05) is 24.3 Å². The summed E-state index contributed by atoms with van der Waals surface area (Å²) < 4.78 is 5.40. The van der Waals surface area contributed by atoms with E-state index in [0.717, 1.165) is 10.6 Å². The third-order valence-electron chi connectivity index (χ3n) is 4.85. The lowest BCUT2D eigenvalue weighted by molar-refractivity contribution is -0.150. The smallest absolute Gasteiger partial charge is 0.352 e. The van der Waals surface area contributed by atoms with E-state index in [2.05, 4.69) is 10.3 Å². The predicted octanol–water partition coefficient (Wildman–Crippen LogP) is 2.28. The van der Waals surface area contributed by atoms with Gasteiger partial charge < -0.3 is 15.2 Å². The highest BCUT2D eigenvalue weighted by Gasteiger charge is 2.53. The van der Waals surface area contributed by atoms with Gasteiger partial charge in [0.05, 0.1) is 11.2 Å². The number of hydrogen-bond donors (Lipinski definition) is 2. The summed E-state index contributed by atoms with van der Waals surface area (Å²) in [6.45, 7) is 1.65. The van der Waals surface area contributed by atoms with Crippen molar-refractivity contribution in [3.8, 4) is 5.75 Å². The average molecular weight is 458 g/mol. The molecule has 2 aliphatic heterocycles. The van der Waals surface area contributed by atoms with E-state index in [1.807, 2.05) is 19.1 Å². The van der Waals surface area contributed by atoms with Gasteiger partial charge in [-0.2, -0.15) is 0 Å². The summed E-state index contributed by atoms with van der Waals surface area (Å²) >= 11 is 2.88. The zero-order chi connectivity index (χ0) is 22.0. The van der Waals surface area contributed by atoms with Crippen LogP contribution in [0.2, 0.25) is 0 Å². The number of benzene rings is 1. The number of ether oxygens (including phenoxy) is 1. The molecule has 4 rings (SSSR count). The van der Waals surface area contributed by atoms with Crippen LogP contribution in [0.1, 0.15) is 10.6 Å². The highest BCUT2D eigenvalue weighted by Crippen LogP contribution is 2.40. The first kappa shape index (κ1) is 21.1. The zero-order valence-corrected chi connectivity index (χ0v) is 18.1. The van der Waals surface area contributed by atoms with Crippen LogP contribution in [0.4, 0.5) is 0 Å². The van der Waals surface area contributed by atoms with E-state index >= 15 is 0 Å². The molecule has 0 saturated carbocycles. The topological polar surface area (TPSA) is 109 Å². The third kappa shape index (κ3) is 4.35. The molecule has 2 atom stereocenters. The van der Waals surface area contributed by atoms with Gasteiger partial charge in [0.2, 0.25) is 0 Å². The molecule has 0 aliphatic carbocycles. The lowest BCUT2D eigenvalue weighted by atomic mass is 10.0. The summed E-state index contributed by atoms with van der Waals surface area (Å²) in [6.07, 6.45) is 3.54. The lowest BCUT2D eigenvalue weighted by Gasteiger charge is -2.49. The number of β-lactam (4-membered cyclic amide) rings is 1. The van der Waals surface area contributed by atoms with Crippen molar-refractivity contribution >= 4 is 47.0 Å². The zero-order valence-electron chi connectivity index (χ0n) is 16.5. The third-order valence-corrected chi connectivity index (χ3v) is 7.05. The molecule has 8 nitrogen and oxygen atoms in total. The number of hydrogen-bond acceptors (Lipinski definition) is 7. The van der Waals surface area contributed by atoms with Crippen LogP contribution in [0.15, 0.2) is 53.2 Å². The number of carboxylic acids is 1. The molecule has 2 amide bonds. The Morgan fingerprint density at radius 2 is 2.10 bits per heavy atom. The number of amides is 2. The maximum Gasteiger partial charge on any atom is 0.352 e. The number of aromatic nitrogens is 1. The SMILES string of the molecule is Cc1ncsc1/C=C/C1=C(C(=O)O)N2C(=O)C(NC(=O)COc3ccccc3)[C@H]2SC1. The molecule has 2 N–H and O–H groups in total. The van der Waals surface area contributed by atoms with Crippen molar-refractivity contribution in [1.29, 1.82) is 0 Å². The van der Waals surface area contributed by atoms with Gasteiger partial charge in [-0.05, 0) is 30.7 Å². The first-order valence-corrected chi connectivity index (χ1v) is 11.3. The summed E-state index contributed by atoms with van der Waals surface area (Å²) in [7, 11) is 0. The van der Waals surface area contributed by atoms with Crippen LogP contribution in [-0.4, -0.2) is 56.5 Å². The van der Waals surface area contributed by atoms with Crippen molar-refractivity contribution in [2.45, 2.75) is 18.3 Å². The van der Waals surface area contributed by atoms with E-state index in [1.54, 1.807) is 35.9 Å². The molecule has 1 aromatic carbocycles. The van der Waals surface area contributed by atoms with Gasteiger partial charge in [0.1, 0.15) is 22.9 Å². The average Bonchev–Trinajstić information content (AvgIpc) is 3.19. The lowest BCUT2D eigenvalue weighted by Crippen LogP contribution is -2.70. The van der Waals surface area contributed by atoms with Crippen molar-refractivity contribution in [3.63, 3.8) is 0 Å². The number of nitrogens with zero attached hydrogens (tertiary/aromatic N) is 2. The summed E-state index contributed by atoms with van der Waals surface area (Å²) in [5.41, 5.74) is 3.09. The number of carbonyl (C=O) groups excluding carboxylic acids is 2. The van der Waals surface area contributed by atoms with E-state index in [9.17, 15) is 19.5 Å². The molecule has 31 heavy (non-hydrogen) atoms. The van der Waals surface area contributed by atoms with E-state index in [1.165, 1.54) is 28.0 Å². The van der Waals surface area contributed by atoms with Gasteiger partial charge in [0.25, 0.3) is 11.8 Å². The standard InChI is InChI=1S/C21H19N3O5S2/c1-12-15(31-11-22-12)8-7-13-10-30-20-17(19(26)24(20)18(13)21(27)28)23-16(25)9-29-14-5-3-2-4-6-14/h2-8,11,17,20H,9-10H2,1H3,(H,23,25)(H,27,28)/b8-7+/t17?,20-/m1/s1. The van der Waals surface area contributed by atoms with Crippen LogP contribution in [0, 0.1) is 6.92 Å². The van der Waals surface area contributed by atoms with Crippen molar-refractivity contribution in [1.82, 2.24) is 15.2 Å². The van der Waals surface area contributed by atoms with Gasteiger partial charge in [-0.15, -0.1) is 23.1 Å². The molecule has 1 unspecified atom stereocenters. The van der Waals surface area contributed by atoms with Crippen LogP contribution in [0.5, 0.6) is 5.75 Å². The first-order valence-electron chi connectivity index (χ1n) is 9.42. The molecule has 3 heterocycles. The largest absolute Gasteiger partial charge is 0.484 e. The summed E-state index contributed by atoms with van der Waals surface area (Å²) in [6, 6.07) is 8.11. The molecule has 1 aromatic heterocycles. The van der Waals surface area contributed by atoms with Crippen LogP contribution in [0.3, 0.4) is 0 Å². The van der Waals surface area contributed by atoms with Crippen LogP contribution in [-0.2, 0) is 14.4 Å². The van der Waals surface area contributed by atoms with E-state index in [4.69, 9.17) is 4.74 Å². The second-order valence-corrected chi connectivity index (χ2v) is 8.86. The quantitative estimate of drug-likeness (QED) is 0.614. The Balaban J connectivity index is 1.43. The van der Waals surface area contributed by atoms with Crippen molar-refractivity contribution in [2.75, 3.05) is 12.4 Å². The Morgan fingerprint density at radius 1 is 1.32 bits per heavy atom. The van der Waals surface area contributed by atoms with E-state index in [-0.39, 0.29) is 12.3 Å². The summed E-state index contributed by atoms with van der Waals surface area (Å²) in [5.74, 6) is -1.08. The molecular weight excluding hydrogens is 438 g/mol. The maximum atomic E-state index is 12.7. The fourth-order valence-electron chi connectivity index (χ4n) is 3.30. The van der Waals surface area contributed by atoms with Gasteiger partial charge in [0, 0.05) is 10.6 Å². The van der Waals surface area contributed by atoms with Crippen LogP contribution >= 0.6 is 23.1 Å². The molecule has 160 valence electrons. The Kier molecular flexibility index (Phi) is 6.10. The molecule has 2 aliphatic rings. The number of thioether (sulfide) groups is 1. The number of rotatable bonds is 7. The van der Waals surface area contributed by atoms with Crippen molar-refractivity contribution < 1.29 is 24.2 Å². The minimum absolute atomic E-state index is 0.0433. The molecule has 10 heteroatoms. The number of para-hydroxylation sites is 1. The van der Waals surface area contributed by atoms with Crippen LogP contribution in [0.25, 0.3) is 6.08 Å². The molecule has 1 fully saturated rings. The number of allylic oxidation sites excluding steroid dienone is 1. The fourth-order valence-corrected chi connectivity index (χ4v) is 5.31. The van der Waals surface area contributed by atoms with Crippen LogP contribution < -0.4 is 10.1 Å². The predicted molar refractivity (Wildman–Crippen MR) is 118 cm³/mol. The highest BCUT2D eigenvalue weighted by molar-refractivity contribution is 8.00. The molecule has 2 aromatic rings. The maximum absolute atomic E-state index is 12.7. The molecule has 0 radical (unpaired) electrons. The number of thiazole rings is 1. The Morgan fingerprint density at radius 3 is 2.77 bits per heavy atom. The van der Waals surface area contributed by atoms with Crippen molar-refractivity contribution in [2.24, 2.45) is 0 Å².